The summed E-state index contributed by atoms with van der Waals surface area (Å²) in [5, 5.41) is 22.4. The van der Waals surface area contributed by atoms with Crippen molar-refractivity contribution < 1.29 is 15.0 Å². The number of aliphatic hydroxyl groups excluding tert-OH is 2. The van der Waals surface area contributed by atoms with E-state index in [0.717, 1.165) is 6.42 Å². The highest BCUT2D eigenvalue weighted by atomic mass is 16.3. The van der Waals surface area contributed by atoms with Gasteiger partial charge in [0, 0.05) is 19.1 Å². The van der Waals surface area contributed by atoms with Crippen molar-refractivity contribution in [2.75, 3.05) is 13.1 Å². The normalized spacial score (nSPS) is 44.1. The van der Waals surface area contributed by atoms with Crippen LogP contribution in [0.5, 0.6) is 0 Å². The Hall–Kier alpha value is -0.650. The van der Waals surface area contributed by atoms with Crippen LogP contribution < -0.4 is 5.32 Å². The highest BCUT2D eigenvalue weighted by Gasteiger charge is 2.42. The molecule has 1 saturated carbocycles. The van der Waals surface area contributed by atoms with E-state index in [1.54, 1.807) is 4.90 Å². The van der Waals surface area contributed by atoms with Crippen molar-refractivity contribution in [3.8, 4) is 0 Å². The summed E-state index contributed by atoms with van der Waals surface area (Å²) in [7, 11) is 0. The van der Waals surface area contributed by atoms with Crippen LogP contribution in [-0.2, 0) is 4.79 Å². The number of aliphatic hydroxyl groups is 2. The second-order valence-corrected chi connectivity index (χ2v) is 5.98. The number of fused-ring (bicyclic) bond motifs is 1. The molecule has 0 bridgehead atoms. The van der Waals surface area contributed by atoms with Gasteiger partial charge in [0.1, 0.15) is 0 Å². The van der Waals surface area contributed by atoms with Crippen molar-refractivity contribution in [1.82, 2.24) is 10.2 Å². The average molecular weight is 254 g/mol. The fourth-order valence-electron chi connectivity index (χ4n) is 3.68. The average Bonchev–Trinajstić information content (AvgIpc) is 2.93. The third-order valence-electron chi connectivity index (χ3n) is 4.73. The summed E-state index contributed by atoms with van der Waals surface area (Å²) >= 11 is 0. The van der Waals surface area contributed by atoms with Gasteiger partial charge in [-0.05, 0) is 25.2 Å². The van der Waals surface area contributed by atoms with E-state index in [4.69, 9.17) is 0 Å². The van der Waals surface area contributed by atoms with E-state index < -0.39 is 12.2 Å². The fourth-order valence-corrected chi connectivity index (χ4v) is 3.68. The summed E-state index contributed by atoms with van der Waals surface area (Å²) in [5.74, 6) is 0.699. The lowest BCUT2D eigenvalue weighted by atomic mass is 9.85. The minimum absolute atomic E-state index is 0.0556. The summed E-state index contributed by atoms with van der Waals surface area (Å²) in [6.07, 6.45) is 4.31. The number of nitrogens with one attached hydrogen (secondary N) is 1. The van der Waals surface area contributed by atoms with Crippen molar-refractivity contribution in [3.05, 3.63) is 0 Å². The van der Waals surface area contributed by atoms with Gasteiger partial charge in [-0.25, -0.2) is 0 Å². The summed E-state index contributed by atoms with van der Waals surface area (Å²) in [5.41, 5.74) is 0. The second kappa shape index (κ2) is 4.79. The van der Waals surface area contributed by atoms with E-state index in [1.165, 1.54) is 25.7 Å². The minimum Gasteiger partial charge on any atom is -0.388 e. The molecule has 0 aromatic heterocycles. The number of hydrogen-bond donors (Lipinski definition) is 3. The Morgan fingerprint density at radius 3 is 2.44 bits per heavy atom. The Balaban J connectivity index is 1.60. The second-order valence-electron chi connectivity index (χ2n) is 5.98. The third-order valence-corrected chi connectivity index (χ3v) is 4.73. The molecule has 0 spiro atoms. The molecule has 0 aromatic rings. The van der Waals surface area contributed by atoms with Gasteiger partial charge in [-0.1, -0.05) is 12.8 Å². The summed E-state index contributed by atoms with van der Waals surface area (Å²) in [6, 6.07) is 0.403. The maximum atomic E-state index is 12.3. The topological polar surface area (TPSA) is 72.8 Å². The van der Waals surface area contributed by atoms with Gasteiger partial charge in [-0.15, -0.1) is 0 Å². The fraction of sp³-hybridized carbons (Fsp3) is 0.923. The highest BCUT2D eigenvalue weighted by molar-refractivity contribution is 5.82. The molecular formula is C13H22N2O3. The molecule has 0 aromatic carbocycles. The van der Waals surface area contributed by atoms with Crippen molar-refractivity contribution in [2.45, 2.75) is 56.4 Å². The lowest BCUT2D eigenvalue weighted by molar-refractivity contribution is -0.132. The van der Waals surface area contributed by atoms with Crippen LogP contribution in [0, 0.1) is 5.92 Å². The van der Waals surface area contributed by atoms with Crippen molar-refractivity contribution in [1.29, 1.82) is 0 Å². The molecule has 1 aliphatic carbocycles. The molecule has 2 aliphatic heterocycles. The number of likely N-dealkylation sites (tertiary alicyclic amines) is 1. The first-order valence-corrected chi connectivity index (χ1v) is 7.06. The molecule has 18 heavy (non-hydrogen) atoms. The molecule has 102 valence electrons. The lowest BCUT2D eigenvalue weighted by Crippen LogP contribution is -2.45. The maximum Gasteiger partial charge on any atom is 0.239 e. The molecule has 3 aliphatic rings. The summed E-state index contributed by atoms with van der Waals surface area (Å²) in [4.78, 5) is 13.9. The van der Waals surface area contributed by atoms with Crippen LogP contribution in [0.2, 0.25) is 0 Å². The Morgan fingerprint density at radius 2 is 1.78 bits per heavy atom. The first-order chi connectivity index (χ1) is 8.65. The summed E-state index contributed by atoms with van der Waals surface area (Å²) < 4.78 is 0. The zero-order chi connectivity index (χ0) is 12.7. The Bertz CT molecular complexity index is 312. The van der Waals surface area contributed by atoms with E-state index in [9.17, 15) is 15.0 Å². The van der Waals surface area contributed by atoms with Gasteiger partial charge < -0.3 is 20.4 Å². The van der Waals surface area contributed by atoms with Gasteiger partial charge in [0.25, 0.3) is 0 Å². The molecule has 0 radical (unpaired) electrons. The molecule has 5 atom stereocenters. The monoisotopic (exact) mass is 254 g/mol. The van der Waals surface area contributed by atoms with Crippen molar-refractivity contribution in [2.24, 2.45) is 5.92 Å². The van der Waals surface area contributed by atoms with Crippen LogP contribution in [0.25, 0.3) is 0 Å². The van der Waals surface area contributed by atoms with Gasteiger partial charge in [-0.2, -0.15) is 0 Å². The van der Waals surface area contributed by atoms with E-state index in [0.29, 0.717) is 12.0 Å². The molecule has 3 N–H and O–H groups in total. The molecule has 3 rings (SSSR count). The van der Waals surface area contributed by atoms with Crippen molar-refractivity contribution in [3.63, 3.8) is 0 Å². The molecule has 2 saturated heterocycles. The zero-order valence-electron chi connectivity index (χ0n) is 10.6. The Kier molecular flexibility index (Phi) is 3.30. The van der Waals surface area contributed by atoms with Gasteiger partial charge in [0.05, 0.1) is 18.2 Å². The number of rotatable bonds is 1. The van der Waals surface area contributed by atoms with E-state index in [2.05, 4.69) is 5.32 Å². The number of β-amino-alcohol motifs (C(OH)–C–C–N with tert-alkyl or cyclic N) is 2. The largest absolute Gasteiger partial charge is 0.388 e. The zero-order valence-corrected chi connectivity index (χ0v) is 10.6. The molecular weight excluding hydrogens is 232 g/mol. The van der Waals surface area contributed by atoms with E-state index >= 15 is 0 Å². The predicted molar refractivity (Wildman–Crippen MR) is 65.9 cm³/mol. The number of hydrogen-bond acceptors (Lipinski definition) is 4. The van der Waals surface area contributed by atoms with Crippen LogP contribution in [0.3, 0.4) is 0 Å². The molecule has 5 heteroatoms. The number of carbonyl (C=O) groups is 1. The molecule has 5 nitrogen and oxygen atoms in total. The van der Waals surface area contributed by atoms with Gasteiger partial charge in [0.2, 0.25) is 5.91 Å². The van der Waals surface area contributed by atoms with Gasteiger partial charge in [-0.3, -0.25) is 4.79 Å². The Morgan fingerprint density at radius 1 is 1.11 bits per heavy atom. The number of nitrogens with zero attached hydrogens (tertiary/aromatic N) is 1. The quantitative estimate of drug-likeness (QED) is 0.588. The molecule has 3 unspecified atom stereocenters. The smallest absolute Gasteiger partial charge is 0.239 e. The number of carbonyl (C=O) groups excluding carboxylic acids is 1. The number of amides is 1. The highest BCUT2D eigenvalue weighted by Crippen LogP contribution is 2.33. The molecule has 2 heterocycles. The first kappa shape index (κ1) is 12.4. The molecule has 3 fully saturated rings. The van der Waals surface area contributed by atoms with Crippen LogP contribution in [0.4, 0.5) is 0 Å². The van der Waals surface area contributed by atoms with Gasteiger partial charge >= 0.3 is 0 Å². The Labute approximate surface area is 107 Å². The standard InChI is InChI=1S/C13H22N2O3/c16-11-6-15(7-12(11)17)13(18)10-5-8-3-1-2-4-9(8)14-10/h8-12,14,16-17H,1-7H2/t8?,9?,10?,11-,12+. The lowest BCUT2D eigenvalue weighted by Gasteiger charge is -2.24. The molecule has 1 amide bonds. The van der Waals surface area contributed by atoms with E-state index in [-0.39, 0.29) is 25.0 Å². The predicted octanol–water partition coefficient (Wildman–Crippen LogP) is -0.529. The van der Waals surface area contributed by atoms with Crippen LogP contribution in [-0.4, -0.2) is 58.4 Å². The third kappa shape index (κ3) is 2.15. The summed E-state index contributed by atoms with van der Waals surface area (Å²) in [6.45, 7) is 0.543. The SMILES string of the molecule is O=C(C1CC2CCCCC2N1)N1C[C@@H](O)[C@@H](O)C1. The minimum atomic E-state index is -0.780. The van der Waals surface area contributed by atoms with Crippen molar-refractivity contribution >= 4 is 5.91 Å². The first-order valence-electron chi connectivity index (χ1n) is 7.06. The van der Waals surface area contributed by atoms with E-state index in [1.807, 2.05) is 0 Å². The van der Waals surface area contributed by atoms with Crippen LogP contribution >= 0.6 is 0 Å². The van der Waals surface area contributed by atoms with Crippen LogP contribution in [0.15, 0.2) is 0 Å². The maximum absolute atomic E-state index is 12.3. The van der Waals surface area contributed by atoms with Gasteiger partial charge in [0.15, 0.2) is 0 Å². The van der Waals surface area contributed by atoms with Crippen LogP contribution in [0.1, 0.15) is 32.1 Å².